The van der Waals surface area contributed by atoms with Crippen molar-refractivity contribution < 1.29 is 43.2 Å². The van der Waals surface area contributed by atoms with Crippen molar-refractivity contribution in [3.05, 3.63) is 0 Å². The third-order valence-corrected chi connectivity index (χ3v) is 12.6. The number of carbonyl (C=O) groups excluding carboxylic acids is 3. The Bertz CT molecular complexity index is 1250. The lowest BCUT2D eigenvalue weighted by atomic mass is 9.70. The number of rotatable bonds is 7. The van der Waals surface area contributed by atoms with E-state index in [9.17, 15) is 19.5 Å². The number of amides is 1. The number of nitrogens with one attached hydrogen (secondary N) is 1. The molecule has 0 spiro atoms. The van der Waals surface area contributed by atoms with Crippen LogP contribution in [0.25, 0.3) is 0 Å². The quantitative estimate of drug-likeness (QED) is 0.297. The van der Waals surface area contributed by atoms with Crippen LogP contribution in [0.4, 0.5) is 4.79 Å². The highest BCUT2D eigenvalue weighted by atomic mass is 16.7. The molecular formula is C37H64N4O9. The zero-order valence-corrected chi connectivity index (χ0v) is 32.3. The molecule has 0 aromatic rings. The standard InChI is InChI=1S/C37H64N4O9/c1-12-27-37(7)29(38-34(45)50-37)23(4)40(10)19-21(2)18-36(6)31(22(3)30(43)35(5,15-16-46-36)33(44)48-27)49-32-28(42)26(39(8)9)17-25(47-32)20-41(11)24-13-14-24/h21-29,31-32,42H,12-20H2,1-11H3,(H,38,45)/t21-,22+,23-,25+,26+,27-,28-,29-,31-,32+,35+,36-,37-/m1/s1. The number of esters is 1. The SMILES string of the molecule is CC[C@H]1OC(=O)[C@@]2(C)CCO[C@](C)(C[C@@H](C)CN(C)[C@H](C)[C@H]3NC(=O)O[C@@]31C)[C@H](O[C@@H]1O[C@H](CN(C)C3CC3)C[C@H](N(C)C)[C@H]1O)[C@@H](C)C2=O. The van der Waals surface area contributed by atoms with Crippen molar-refractivity contribution in [2.45, 2.75) is 153 Å². The molecule has 5 heterocycles. The summed E-state index contributed by atoms with van der Waals surface area (Å²) in [5, 5.41) is 14.7. The van der Waals surface area contributed by atoms with Gasteiger partial charge in [-0.05, 0) is 100 Å². The Morgan fingerprint density at radius 3 is 2.38 bits per heavy atom. The molecule has 0 unspecified atom stereocenters. The molecule has 13 atom stereocenters. The molecule has 1 amide bonds. The number of carbonyl (C=O) groups is 3. The molecule has 6 fully saturated rings. The third kappa shape index (κ3) is 7.61. The summed E-state index contributed by atoms with van der Waals surface area (Å²) in [5.41, 5.74) is -3.68. The van der Waals surface area contributed by atoms with Gasteiger partial charge < -0.3 is 48.8 Å². The van der Waals surface area contributed by atoms with E-state index >= 15 is 0 Å². The molecular weight excluding hydrogens is 644 g/mol. The maximum atomic E-state index is 14.7. The van der Waals surface area contributed by atoms with Crippen molar-refractivity contribution in [2.24, 2.45) is 17.3 Å². The highest BCUT2D eigenvalue weighted by Crippen LogP contribution is 2.43. The number of hydrogen-bond donors (Lipinski definition) is 2. The molecule has 5 saturated heterocycles. The average molecular weight is 709 g/mol. The lowest BCUT2D eigenvalue weighted by Crippen LogP contribution is -2.62. The Hall–Kier alpha value is -1.87. The molecule has 2 N–H and O–H groups in total. The van der Waals surface area contributed by atoms with Gasteiger partial charge in [0.2, 0.25) is 0 Å². The Morgan fingerprint density at radius 1 is 1.08 bits per heavy atom. The van der Waals surface area contributed by atoms with E-state index in [1.807, 2.05) is 46.8 Å². The molecule has 0 aromatic carbocycles. The maximum absolute atomic E-state index is 14.7. The van der Waals surface area contributed by atoms with Crippen LogP contribution in [0, 0.1) is 17.3 Å². The lowest BCUT2D eigenvalue weighted by molar-refractivity contribution is -0.303. The van der Waals surface area contributed by atoms with Crippen LogP contribution in [-0.2, 0) is 33.3 Å². The minimum Gasteiger partial charge on any atom is -0.457 e. The van der Waals surface area contributed by atoms with Crippen LogP contribution in [0.15, 0.2) is 0 Å². The minimum absolute atomic E-state index is 0.0626. The van der Waals surface area contributed by atoms with Crippen LogP contribution < -0.4 is 5.32 Å². The van der Waals surface area contributed by atoms with Gasteiger partial charge in [-0.2, -0.15) is 0 Å². The lowest BCUT2D eigenvalue weighted by Gasteiger charge is -2.49. The van der Waals surface area contributed by atoms with E-state index in [1.165, 1.54) is 12.8 Å². The van der Waals surface area contributed by atoms with Gasteiger partial charge in [0, 0.05) is 43.7 Å². The summed E-state index contributed by atoms with van der Waals surface area (Å²) < 4.78 is 32.3. The number of ketones is 1. The minimum atomic E-state index is -1.56. The number of nitrogens with zero attached hydrogens (tertiary/aromatic N) is 3. The molecule has 1 aliphatic carbocycles. The number of alkyl carbamates (subject to hydrolysis) is 1. The number of hydrogen-bond acceptors (Lipinski definition) is 12. The Kier molecular flexibility index (Phi) is 11.7. The summed E-state index contributed by atoms with van der Waals surface area (Å²) in [5.74, 6) is -1.74. The summed E-state index contributed by atoms with van der Waals surface area (Å²) in [6.45, 7) is 14.7. The fraction of sp³-hybridized carbons (Fsp3) is 0.919. The zero-order valence-electron chi connectivity index (χ0n) is 32.3. The highest BCUT2D eigenvalue weighted by molar-refractivity contribution is 6.04. The van der Waals surface area contributed by atoms with Gasteiger partial charge in [-0.1, -0.05) is 20.8 Å². The van der Waals surface area contributed by atoms with E-state index in [2.05, 4.69) is 29.1 Å². The first kappa shape index (κ1) is 39.3. The van der Waals surface area contributed by atoms with E-state index < -0.39 is 65.2 Å². The maximum Gasteiger partial charge on any atom is 0.408 e. The topological polar surface area (TPSA) is 139 Å². The van der Waals surface area contributed by atoms with E-state index in [-0.39, 0.29) is 42.9 Å². The molecule has 2 bridgehead atoms. The largest absolute Gasteiger partial charge is 0.457 e. The van der Waals surface area contributed by atoms with Crippen molar-refractivity contribution in [3.8, 4) is 0 Å². The second-order valence-electron chi connectivity index (χ2n) is 17.0. The summed E-state index contributed by atoms with van der Waals surface area (Å²) in [6.07, 6.45) is -0.349. The van der Waals surface area contributed by atoms with E-state index in [0.29, 0.717) is 38.4 Å². The number of fused-ring (bicyclic) bond motifs is 10. The predicted molar refractivity (Wildman–Crippen MR) is 186 cm³/mol. The molecule has 0 aromatic heterocycles. The fourth-order valence-corrected chi connectivity index (χ4v) is 9.26. The van der Waals surface area contributed by atoms with Crippen molar-refractivity contribution in [3.63, 3.8) is 0 Å². The van der Waals surface area contributed by atoms with Crippen molar-refractivity contribution in [1.29, 1.82) is 0 Å². The number of aliphatic hydroxyl groups is 1. The van der Waals surface area contributed by atoms with Gasteiger partial charge in [0.05, 0.1) is 23.9 Å². The van der Waals surface area contributed by atoms with Gasteiger partial charge in [-0.3, -0.25) is 9.59 Å². The van der Waals surface area contributed by atoms with Crippen LogP contribution in [-0.4, -0.2) is 152 Å². The van der Waals surface area contributed by atoms with Crippen molar-refractivity contribution >= 4 is 17.8 Å². The first-order chi connectivity index (χ1) is 23.3. The number of aliphatic hydroxyl groups excluding tert-OH is 1. The van der Waals surface area contributed by atoms with Gasteiger partial charge in [0.1, 0.15) is 17.6 Å². The van der Waals surface area contributed by atoms with Crippen LogP contribution >= 0.6 is 0 Å². The van der Waals surface area contributed by atoms with Gasteiger partial charge in [-0.15, -0.1) is 0 Å². The normalized spacial score (nSPS) is 45.4. The molecule has 1 saturated carbocycles. The molecule has 0 radical (unpaired) electrons. The van der Waals surface area contributed by atoms with E-state index in [0.717, 1.165) is 0 Å². The van der Waals surface area contributed by atoms with E-state index in [1.54, 1.807) is 20.8 Å². The molecule has 286 valence electrons. The number of ether oxygens (including phenoxy) is 5. The third-order valence-electron chi connectivity index (χ3n) is 12.6. The second-order valence-corrected chi connectivity index (χ2v) is 17.0. The van der Waals surface area contributed by atoms with E-state index in [4.69, 9.17) is 23.7 Å². The van der Waals surface area contributed by atoms with Crippen LogP contribution in [0.1, 0.15) is 87.0 Å². The summed E-state index contributed by atoms with van der Waals surface area (Å²) in [6, 6.07) is -0.317. The van der Waals surface area contributed by atoms with Crippen molar-refractivity contribution in [1.82, 2.24) is 20.0 Å². The second kappa shape index (κ2) is 14.9. The summed E-state index contributed by atoms with van der Waals surface area (Å²) in [7, 11) is 8.02. The first-order valence-corrected chi connectivity index (χ1v) is 18.8. The molecule has 6 aliphatic rings. The summed E-state index contributed by atoms with van der Waals surface area (Å²) in [4.78, 5) is 48.2. The molecule has 13 nitrogen and oxygen atoms in total. The average Bonchev–Trinajstić information content (AvgIpc) is 3.85. The predicted octanol–water partition coefficient (Wildman–Crippen LogP) is 2.81. The summed E-state index contributed by atoms with van der Waals surface area (Å²) >= 11 is 0. The number of Topliss-reactive ketones (excluding diaryl/α,β-unsaturated/α-hetero) is 1. The molecule has 5 aliphatic heterocycles. The van der Waals surface area contributed by atoms with Gasteiger partial charge in [-0.25, -0.2) is 4.79 Å². The number of likely N-dealkylation sites (N-methyl/N-ethyl adjacent to an activating group) is 3. The van der Waals surface area contributed by atoms with Gasteiger partial charge in [0.25, 0.3) is 0 Å². The Labute approximate surface area is 299 Å². The van der Waals surface area contributed by atoms with Crippen LogP contribution in [0.2, 0.25) is 0 Å². The first-order valence-electron chi connectivity index (χ1n) is 18.8. The zero-order chi connectivity index (χ0) is 36.9. The van der Waals surface area contributed by atoms with Crippen LogP contribution in [0.5, 0.6) is 0 Å². The highest BCUT2D eigenvalue weighted by Gasteiger charge is 2.59. The monoisotopic (exact) mass is 708 g/mol. The smallest absolute Gasteiger partial charge is 0.408 e. The molecule has 50 heavy (non-hydrogen) atoms. The van der Waals surface area contributed by atoms with Gasteiger partial charge >= 0.3 is 12.1 Å². The van der Waals surface area contributed by atoms with Crippen molar-refractivity contribution in [2.75, 3.05) is 47.9 Å². The van der Waals surface area contributed by atoms with Crippen LogP contribution in [0.3, 0.4) is 0 Å². The molecule has 13 heteroatoms. The molecule has 6 rings (SSSR count). The Balaban J connectivity index is 1.52. The Morgan fingerprint density at radius 2 is 1.76 bits per heavy atom. The van der Waals surface area contributed by atoms with Gasteiger partial charge in [0.15, 0.2) is 17.7 Å². The fourth-order valence-electron chi connectivity index (χ4n) is 9.26.